The number of anilines is 1. The molecule has 0 aliphatic carbocycles. The molecule has 3 aromatic rings. The van der Waals surface area contributed by atoms with Gasteiger partial charge in [-0.05, 0) is 31.2 Å². The minimum absolute atomic E-state index is 0.263. The summed E-state index contributed by atoms with van der Waals surface area (Å²) in [5, 5.41) is 4.43. The number of aryl methyl sites for hydroxylation is 1. The number of nitrogens with zero attached hydrogens (tertiary/aromatic N) is 3. The van der Waals surface area contributed by atoms with E-state index in [1.54, 1.807) is 22.7 Å². The highest BCUT2D eigenvalue weighted by Gasteiger charge is 2.07. The van der Waals surface area contributed by atoms with Crippen molar-refractivity contribution >= 4 is 11.5 Å². The highest BCUT2D eigenvalue weighted by molar-refractivity contribution is 5.64. The number of rotatable bonds is 1. The van der Waals surface area contributed by atoms with E-state index in [0.717, 1.165) is 17.0 Å². The van der Waals surface area contributed by atoms with E-state index < -0.39 is 0 Å². The highest BCUT2D eigenvalue weighted by Crippen LogP contribution is 2.20. The van der Waals surface area contributed by atoms with Gasteiger partial charge in [0, 0.05) is 23.4 Å². The third kappa shape index (κ3) is 1.69. The van der Waals surface area contributed by atoms with Gasteiger partial charge in [0.15, 0.2) is 5.65 Å². The maximum Gasteiger partial charge on any atom is 0.158 e. The van der Waals surface area contributed by atoms with Gasteiger partial charge in [-0.15, -0.1) is 0 Å². The van der Waals surface area contributed by atoms with Crippen molar-refractivity contribution in [3.8, 4) is 11.3 Å². The van der Waals surface area contributed by atoms with Crippen LogP contribution in [0.4, 0.5) is 10.2 Å². The molecule has 0 fully saturated rings. The smallest absolute Gasteiger partial charge is 0.158 e. The number of hydrogen-bond acceptors (Lipinski definition) is 3. The average molecular weight is 242 g/mol. The molecule has 90 valence electrons. The zero-order chi connectivity index (χ0) is 12.7. The van der Waals surface area contributed by atoms with Crippen LogP contribution in [0.2, 0.25) is 0 Å². The van der Waals surface area contributed by atoms with Crippen LogP contribution in [0.25, 0.3) is 16.9 Å². The van der Waals surface area contributed by atoms with Crippen LogP contribution < -0.4 is 5.73 Å². The fourth-order valence-electron chi connectivity index (χ4n) is 1.91. The van der Waals surface area contributed by atoms with Crippen LogP contribution in [0.1, 0.15) is 5.69 Å². The molecule has 2 N–H and O–H groups in total. The molecule has 2 aromatic heterocycles. The molecular weight excluding hydrogens is 231 g/mol. The van der Waals surface area contributed by atoms with Crippen molar-refractivity contribution < 1.29 is 4.39 Å². The Morgan fingerprint density at radius 1 is 1.17 bits per heavy atom. The first kappa shape index (κ1) is 10.7. The number of fused-ring (bicyclic) bond motifs is 1. The molecule has 5 heteroatoms. The minimum Gasteiger partial charge on any atom is -0.384 e. The quantitative estimate of drug-likeness (QED) is 0.713. The van der Waals surface area contributed by atoms with E-state index >= 15 is 0 Å². The fourth-order valence-corrected chi connectivity index (χ4v) is 1.91. The lowest BCUT2D eigenvalue weighted by atomic mass is 10.1. The summed E-state index contributed by atoms with van der Waals surface area (Å²) in [4.78, 5) is 4.20. The first-order valence-corrected chi connectivity index (χ1v) is 5.52. The first-order valence-electron chi connectivity index (χ1n) is 5.52. The van der Waals surface area contributed by atoms with Gasteiger partial charge in [-0.2, -0.15) is 5.10 Å². The molecule has 0 unspecified atom stereocenters. The summed E-state index contributed by atoms with van der Waals surface area (Å²) < 4.78 is 14.6. The Kier molecular flexibility index (Phi) is 2.26. The van der Waals surface area contributed by atoms with E-state index in [0.29, 0.717) is 11.5 Å². The summed E-state index contributed by atoms with van der Waals surface area (Å²) >= 11 is 0. The average Bonchev–Trinajstić information content (AvgIpc) is 2.74. The number of nitrogens with two attached hydrogens (primary N) is 1. The van der Waals surface area contributed by atoms with Crippen molar-refractivity contribution in [1.82, 2.24) is 14.6 Å². The second-order valence-electron chi connectivity index (χ2n) is 4.13. The number of benzene rings is 1. The van der Waals surface area contributed by atoms with Gasteiger partial charge in [0.05, 0.1) is 5.69 Å². The van der Waals surface area contributed by atoms with Gasteiger partial charge < -0.3 is 5.73 Å². The summed E-state index contributed by atoms with van der Waals surface area (Å²) in [6.45, 7) is 1.91. The topological polar surface area (TPSA) is 56.2 Å². The maximum absolute atomic E-state index is 12.9. The van der Waals surface area contributed by atoms with Gasteiger partial charge in [-0.1, -0.05) is 0 Å². The van der Waals surface area contributed by atoms with Crippen molar-refractivity contribution in [2.24, 2.45) is 0 Å². The van der Waals surface area contributed by atoms with Gasteiger partial charge in [-0.3, -0.25) is 0 Å². The molecular formula is C13H11FN4. The Morgan fingerprint density at radius 3 is 2.61 bits per heavy atom. The lowest BCUT2D eigenvalue weighted by molar-refractivity contribution is 0.628. The second-order valence-corrected chi connectivity index (χ2v) is 4.13. The van der Waals surface area contributed by atoms with Crippen LogP contribution in [0.5, 0.6) is 0 Å². The SMILES string of the molecule is Cc1cc(N)nc2cc(-c3ccc(F)cc3)nn12. The second kappa shape index (κ2) is 3.80. The van der Waals surface area contributed by atoms with Gasteiger partial charge in [-0.25, -0.2) is 13.9 Å². The molecule has 0 radical (unpaired) electrons. The van der Waals surface area contributed by atoms with Crippen LogP contribution in [-0.2, 0) is 0 Å². The molecule has 2 heterocycles. The Hall–Kier alpha value is -2.43. The maximum atomic E-state index is 12.9. The molecule has 0 aliphatic rings. The summed E-state index contributed by atoms with van der Waals surface area (Å²) in [6.07, 6.45) is 0. The number of hydrogen-bond donors (Lipinski definition) is 1. The lowest BCUT2D eigenvalue weighted by Crippen LogP contribution is -1.99. The van der Waals surface area contributed by atoms with Crippen LogP contribution in [0.3, 0.4) is 0 Å². The molecule has 0 aliphatic heterocycles. The van der Waals surface area contributed by atoms with Crippen LogP contribution in [0, 0.1) is 12.7 Å². The summed E-state index contributed by atoms with van der Waals surface area (Å²) in [6, 6.07) is 9.79. The van der Waals surface area contributed by atoms with Gasteiger partial charge in [0.25, 0.3) is 0 Å². The van der Waals surface area contributed by atoms with E-state index in [1.807, 2.05) is 13.0 Å². The van der Waals surface area contributed by atoms with Crippen molar-refractivity contribution in [2.75, 3.05) is 5.73 Å². The van der Waals surface area contributed by atoms with E-state index in [2.05, 4.69) is 10.1 Å². The minimum atomic E-state index is -0.263. The van der Waals surface area contributed by atoms with E-state index in [4.69, 9.17) is 5.73 Å². The normalized spacial score (nSPS) is 11.0. The molecule has 0 bridgehead atoms. The Labute approximate surface area is 103 Å². The Morgan fingerprint density at radius 2 is 1.89 bits per heavy atom. The molecule has 1 aromatic carbocycles. The standard InChI is InChI=1S/C13H11FN4/c1-8-6-12(15)16-13-7-11(17-18(8)13)9-2-4-10(14)5-3-9/h2-7H,1H3,(H2,15,16). The van der Waals surface area contributed by atoms with Crippen LogP contribution in [0.15, 0.2) is 36.4 Å². The van der Waals surface area contributed by atoms with Crippen LogP contribution >= 0.6 is 0 Å². The van der Waals surface area contributed by atoms with Crippen molar-refractivity contribution in [3.05, 3.63) is 47.9 Å². The van der Waals surface area contributed by atoms with E-state index in [1.165, 1.54) is 12.1 Å². The molecule has 4 nitrogen and oxygen atoms in total. The van der Waals surface area contributed by atoms with Crippen molar-refractivity contribution in [2.45, 2.75) is 6.92 Å². The first-order chi connectivity index (χ1) is 8.63. The molecule has 0 saturated carbocycles. The zero-order valence-electron chi connectivity index (χ0n) is 9.76. The molecule has 0 spiro atoms. The predicted molar refractivity (Wildman–Crippen MR) is 67.5 cm³/mol. The lowest BCUT2D eigenvalue weighted by Gasteiger charge is -1.99. The largest absolute Gasteiger partial charge is 0.384 e. The Bertz CT molecular complexity index is 716. The van der Waals surface area contributed by atoms with Gasteiger partial charge in [0.2, 0.25) is 0 Å². The van der Waals surface area contributed by atoms with Crippen molar-refractivity contribution in [1.29, 1.82) is 0 Å². The molecule has 0 amide bonds. The molecule has 0 saturated heterocycles. The van der Waals surface area contributed by atoms with E-state index in [9.17, 15) is 4.39 Å². The Balaban J connectivity index is 2.19. The van der Waals surface area contributed by atoms with Crippen molar-refractivity contribution in [3.63, 3.8) is 0 Å². The van der Waals surface area contributed by atoms with Gasteiger partial charge >= 0.3 is 0 Å². The number of aromatic nitrogens is 3. The molecule has 0 atom stereocenters. The van der Waals surface area contributed by atoms with E-state index in [-0.39, 0.29) is 5.82 Å². The third-order valence-electron chi connectivity index (χ3n) is 2.77. The third-order valence-corrected chi connectivity index (χ3v) is 2.77. The summed E-state index contributed by atoms with van der Waals surface area (Å²) in [7, 11) is 0. The van der Waals surface area contributed by atoms with Crippen LogP contribution in [-0.4, -0.2) is 14.6 Å². The summed E-state index contributed by atoms with van der Waals surface area (Å²) in [5.74, 6) is 0.201. The zero-order valence-corrected chi connectivity index (χ0v) is 9.76. The highest BCUT2D eigenvalue weighted by atomic mass is 19.1. The predicted octanol–water partition coefficient (Wildman–Crippen LogP) is 2.43. The number of halogens is 1. The summed E-state index contributed by atoms with van der Waals surface area (Å²) in [5.41, 5.74) is 8.88. The van der Waals surface area contributed by atoms with Gasteiger partial charge in [0.1, 0.15) is 11.6 Å². The number of nitrogen functional groups attached to an aromatic ring is 1. The molecule has 3 rings (SSSR count). The molecule has 18 heavy (non-hydrogen) atoms. The fraction of sp³-hybridized carbons (Fsp3) is 0.0769. The monoisotopic (exact) mass is 242 g/mol.